The van der Waals surface area contributed by atoms with E-state index in [1.54, 1.807) is 16.8 Å². The van der Waals surface area contributed by atoms with Gasteiger partial charge < -0.3 is 10.5 Å². The Morgan fingerprint density at radius 1 is 1.20 bits per heavy atom. The lowest BCUT2D eigenvalue weighted by atomic mass is 10.2. The van der Waals surface area contributed by atoms with E-state index in [1.807, 2.05) is 36.4 Å². The van der Waals surface area contributed by atoms with Gasteiger partial charge in [-0.05, 0) is 35.4 Å². The van der Waals surface area contributed by atoms with Crippen molar-refractivity contribution in [2.24, 2.45) is 0 Å². The van der Waals surface area contributed by atoms with E-state index in [-0.39, 0.29) is 23.9 Å². The van der Waals surface area contributed by atoms with E-state index in [4.69, 9.17) is 22.1 Å². The van der Waals surface area contributed by atoms with Gasteiger partial charge in [0, 0.05) is 9.50 Å². The molecular formula is C18H14BrClN4O. The van der Waals surface area contributed by atoms with Crippen LogP contribution in [0.1, 0.15) is 16.7 Å². The Hall–Kier alpha value is -2.49. The molecule has 0 radical (unpaired) electrons. The molecule has 3 rings (SSSR count). The number of rotatable bonds is 5. The molecule has 0 aliphatic rings. The first-order valence-corrected chi connectivity index (χ1v) is 8.62. The third-order valence-electron chi connectivity index (χ3n) is 3.58. The van der Waals surface area contributed by atoms with Crippen molar-refractivity contribution in [1.82, 2.24) is 9.78 Å². The van der Waals surface area contributed by atoms with Crippen LogP contribution in [0.5, 0.6) is 5.88 Å². The lowest BCUT2D eigenvalue weighted by molar-refractivity contribution is 0.289. The number of benzene rings is 2. The smallest absolute Gasteiger partial charge is 0.253 e. The van der Waals surface area contributed by atoms with Crippen LogP contribution in [0.3, 0.4) is 0 Å². The first kappa shape index (κ1) is 17.3. The summed E-state index contributed by atoms with van der Waals surface area (Å²) in [6.07, 6.45) is 0. The maximum atomic E-state index is 9.37. The van der Waals surface area contributed by atoms with Crippen LogP contribution >= 0.6 is 27.5 Å². The number of ether oxygens (including phenoxy) is 1. The van der Waals surface area contributed by atoms with Crippen molar-refractivity contribution in [3.8, 4) is 11.9 Å². The van der Waals surface area contributed by atoms with Crippen LogP contribution in [-0.2, 0) is 13.2 Å². The standard InChI is InChI=1S/C18H14BrClN4O/c19-14-6-4-12(5-7-14)10-24-17(22)16(9-21)18(23-24)25-11-13-2-1-3-15(20)8-13/h1-8H,10-11,22H2. The molecule has 0 fully saturated rings. The Balaban J connectivity index is 1.80. The molecule has 0 unspecified atom stereocenters. The number of hydrogen-bond acceptors (Lipinski definition) is 4. The monoisotopic (exact) mass is 416 g/mol. The fourth-order valence-electron chi connectivity index (χ4n) is 2.32. The molecule has 0 bridgehead atoms. The van der Waals surface area contributed by atoms with Gasteiger partial charge >= 0.3 is 0 Å². The molecule has 0 aliphatic carbocycles. The van der Waals surface area contributed by atoms with Crippen LogP contribution in [0.25, 0.3) is 0 Å². The van der Waals surface area contributed by atoms with Crippen molar-refractivity contribution >= 4 is 33.3 Å². The molecule has 1 heterocycles. The number of hydrogen-bond donors (Lipinski definition) is 1. The predicted molar refractivity (Wildman–Crippen MR) is 100 cm³/mol. The van der Waals surface area contributed by atoms with Gasteiger partial charge in [0.1, 0.15) is 18.5 Å². The summed E-state index contributed by atoms with van der Waals surface area (Å²) < 4.78 is 8.24. The summed E-state index contributed by atoms with van der Waals surface area (Å²) in [6.45, 7) is 0.707. The summed E-state index contributed by atoms with van der Waals surface area (Å²) in [6, 6.07) is 17.2. The van der Waals surface area contributed by atoms with Crippen molar-refractivity contribution in [2.75, 3.05) is 5.73 Å². The van der Waals surface area contributed by atoms with Crippen LogP contribution in [0, 0.1) is 11.3 Å². The summed E-state index contributed by atoms with van der Waals surface area (Å²) in [7, 11) is 0. The molecule has 2 aromatic carbocycles. The highest BCUT2D eigenvalue weighted by Crippen LogP contribution is 2.25. The summed E-state index contributed by atoms with van der Waals surface area (Å²) in [5.74, 6) is 0.503. The predicted octanol–water partition coefficient (Wildman–Crippen LogP) is 4.38. The lowest BCUT2D eigenvalue weighted by Crippen LogP contribution is -2.06. The molecule has 7 heteroatoms. The zero-order valence-corrected chi connectivity index (χ0v) is 15.5. The second-order valence-electron chi connectivity index (χ2n) is 5.38. The molecule has 126 valence electrons. The molecule has 3 aromatic rings. The average Bonchev–Trinajstić information content (AvgIpc) is 2.90. The first-order valence-electron chi connectivity index (χ1n) is 7.45. The van der Waals surface area contributed by atoms with Crippen molar-refractivity contribution < 1.29 is 4.74 Å². The molecule has 0 aliphatic heterocycles. The highest BCUT2D eigenvalue weighted by atomic mass is 79.9. The van der Waals surface area contributed by atoms with E-state index in [9.17, 15) is 5.26 Å². The number of nitriles is 1. The minimum Gasteiger partial charge on any atom is -0.471 e. The van der Waals surface area contributed by atoms with E-state index in [0.717, 1.165) is 15.6 Å². The maximum Gasteiger partial charge on any atom is 0.253 e. The topological polar surface area (TPSA) is 76.9 Å². The number of nitrogen functional groups attached to an aromatic ring is 1. The zero-order valence-electron chi connectivity index (χ0n) is 13.1. The van der Waals surface area contributed by atoms with Crippen LogP contribution in [0.2, 0.25) is 5.02 Å². The Morgan fingerprint density at radius 2 is 1.96 bits per heavy atom. The number of aromatic nitrogens is 2. The maximum absolute atomic E-state index is 9.37. The molecular weight excluding hydrogens is 404 g/mol. The van der Waals surface area contributed by atoms with E-state index in [0.29, 0.717) is 11.6 Å². The molecule has 0 spiro atoms. The quantitative estimate of drug-likeness (QED) is 0.668. The normalized spacial score (nSPS) is 10.4. The molecule has 1 aromatic heterocycles. The zero-order chi connectivity index (χ0) is 17.8. The number of nitrogens with zero attached hydrogens (tertiary/aromatic N) is 3. The van der Waals surface area contributed by atoms with E-state index >= 15 is 0 Å². The largest absolute Gasteiger partial charge is 0.471 e. The first-order chi connectivity index (χ1) is 12.1. The summed E-state index contributed by atoms with van der Waals surface area (Å²) in [5.41, 5.74) is 8.19. The fourth-order valence-corrected chi connectivity index (χ4v) is 2.80. The van der Waals surface area contributed by atoms with Crippen LogP contribution in [0.15, 0.2) is 53.0 Å². The molecule has 0 atom stereocenters. The Labute approximate surface area is 158 Å². The number of halogens is 2. The van der Waals surface area contributed by atoms with Gasteiger partial charge in [-0.2, -0.15) is 5.26 Å². The molecule has 5 nitrogen and oxygen atoms in total. The Bertz CT molecular complexity index is 931. The van der Waals surface area contributed by atoms with Gasteiger partial charge in [-0.1, -0.05) is 51.8 Å². The lowest BCUT2D eigenvalue weighted by Gasteiger charge is -2.04. The highest BCUT2D eigenvalue weighted by Gasteiger charge is 2.17. The van der Waals surface area contributed by atoms with E-state index in [1.165, 1.54) is 0 Å². The van der Waals surface area contributed by atoms with Gasteiger partial charge in [0.25, 0.3) is 5.88 Å². The molecule has 25 heavy (non-hydrogen) atoms. The summed E-state index contributed by atoms with van der Waals surface area (Å²) in [4.78, 5) is 0. The van der Waals surface area contributed by atoms with Crippen molar-refractivity contribution in [3.05, 3.63) is 74.7 Å². The van der Waals surface area contributed by atoms with Gasteiger partial charge in [0.2, 0.25) is 0 Å². The second-order valence-corrected chi connectivity index (χ2v) is 6.73. The van der Waals surface area contributed by atoms with Gasteiger partial charge in [0.05, 0.1) is 6.54 Å². The average molecular weight is 418 g/mol. The second kappa shape index (κ2) is 7.60. The van der Waals surface area contributed by atoms with Crippen molar-refractivity contribution in [1.29, 1.82) is 5.26 Å². The Kier molecular flexibility index (Phi) is 5.27. The molecule has 2 N–H and O–H groups in total. The van der Waals surface area contributed by atoms with Gasteiger partial charge in [-0.15, -0.1) is 5.10 Å². The Morgan fingerprint density at radius 3 is 2.64 bits per heavy atom. The summed E-state index contributed by atoms with van der Waals surface area (Å²) in [5, 5.41) is 14.3. The van der Waals surface area contributed by atoms with Crippen molar-refractivity contribution in [3.63, 3.8) is 0 Å². The SMILES string of the molecule is N#Cc1c(OCc2cccc(Cl)c2)nn(Cc2ccc(Br)cc2)c1N. The fraction of sp³-hybridized carbons (Fsp3) is 0.111. The van der Waals surface area contributed by atoms with Gasteiger partial charge in [-0.3, -0.25) is 0 Å². The minimum atomic E-state index is 0.220. The van der Waals surface area contributed by atoms with Crippen LogP contribution < -0.4 is 10.5 Å². The van der Waals surface area contributed by atoms with Crippen molar-refractivity contribution in [2.45, 2.75) is 13.2 Å². The number of nitrogens with two attached hydrogens (primary N) is 1. The van der Waals surface area contributed by atoms with Crippen LogP contribution in [0.4, 0.5) is 5.82 Å². The van der Waals surface area contributed by atoms with E-state index < -0.39 is 0 Å². The molecule has 0 saturated carbocycles. The third kappa shape index (κ3) is 4.13. The molecule has 0 amide bonds. The molecule has 0 saturated heterocycles. The van der Waals surface area contributed by atoms with Crippen LogP contribution in [-0.4, -0.2) is 9.78 Å². The summed E-state index contributed by atoms with van der Waals surface area (Å²) >= 11 is 9.37. The van der Waals surface area contributed by atoms with Gasteiger partial charge in [-0.25, -0.2) is 4.68 Å². The van der Waals surface area contributed by atoms with Gasteiger partial charge in [0.15, 0.2) is 5.56 Å². The highest BCUT2D eigenvalue weighted by molar-refractivity contribution is 9.10. The third-order valence-corrected chi connectivity index (χ3v) is 4.35. The minimum absolute atomic E-state index is 0.220. The number of anilines is 1. The van der Waals surface area contributed by atoms with E-state index in [2.05, 4.69) is 27.1 Å².